The second kappa shape index (κ2) is 7.40. The van der Waals surface area contributed by atoms with E-state index in [1.165, 1.54) is 27.6 Å². The fraction of sp³-hybridized carbons (Fsp3) is 0.333. The predicted octanol–water partition coefficient (Wildman–Crippen LogP) is 4.18. The number of anilines is 1. The lowest BCUT2D eigenvalue weighted by Gasteiger charge is -2.09. The van der Waals surface area contributed by atoms with Gasteiger partial charge in [0.15, 0.2) is 0 Å². The van der Waals surface area contributed by atoms with Crippen LogP contribution in [0.25, 0.3) is 10.7 Å². The zero-order chi connectivity index (χ0) is 17.9. The molecule has 26 heavy (non-hydrogen) atoms. The lowest BCUT2D eigenvalue weighted by Crippen LogP contribution is -2.12. The van der Waals surface area contributed by atoms with Gasteiger partial charge in [-0.3, -0.25) is 4.79 Å². The zero-order valence-electron chi connectivity index (χ0n) is 13.9. The Morgan fingerprint density at radius 3 is 3.08 bits per heavy atom. The van der Waals surface area contributed by atoms with E-state index in [4.69, 9.17) is 4.52 Å². The molecule has 1 aliphatic rings. The Labute approximate surface area is 158 Å². The number of hydrogen-bond acceptors (Lipinski definition) is 7. The number of nitrogens with one attached hydrogen (secondary N) is 1. The Hall–Kier alpha value is -2.50. The molecule has 0 radical (unpaired) electrons. The monoisotopic (exact) mass is 384 g/mol. The van der Waals surface area contributed by atoms with Crippen molar-refractivity contribution in [2.24, 2.45) is 0 Å². The van der Waals surface area contributed by atoms with Gasteiger partial charge in [-0.1, -0.05) is 11.2 Å². The molecular weight excluding hydrogens is 368 g/mol. The average molecular weight is 384 g/mol. The van der Waals surface area contributed by atoms with Gasteiger partial charge in [0.1, 0.15) is 11.1 Å². The van der Waals surface area contributed by atoms with Crippen LogP contribution in [-0.4, -0.2) is 16.0 Å². The number of rotatable bonds is 5. The van der Waals surface area contributed by atoms with E-state index in [1.54, 1.807) is 0 Å². The molecule has 0 aromatic carbocycles. The summed E-state index contributed by atoms with van der Waals surface area (Å²) in [5, 5.41) is 18.9. The van der Waals surface area contributed by atoms with Crippen LogP contribution >= 0.6 is 22.7 Å². The summed E-state index contributed by atoms with van der Waals surface area (Å²) in [6.45, 7) is 0. The highest BCUT2D eigenvalue weighted by molar-refractivity contribution is 7.16. The van der Waals surface area contributed by atoms with Crippen molar-refractivity contribution in [2.75, 3.05) is 5.32 Å². The van der Waals surface area contributed by atoms with Gasteiger partial charge < -0.3 is 9.84 Å². The van der Waals surface area contributed by atoms with E-state index in [1.807, 2.05) is 17.5 Å². The Balaban J connectivity index is 1.39. The number of carbonyl (C=O) groups is 1. The van der Waals surface area contributed by atoms with Crippen LogP contribution in [0, 0.1) is 11.3 Å². The Bertz CT molecular complexity index is 966. The molecule has 0 atom stereocenters. The fourth-order valence-electron chi connectivity index (χ4n) is 3.04. The maximum absolute atomic E-state index is 12.3. The van der Waals surface area contributed by atoms with Crippen LogP contribution in [0.15, 0.2) is 22.0 Å². The number of aromatic nitrogens is 2. The normalized spacial score (nSPS) is 13.2. The van der Waals surface area contributed by atoms with Crippen molar-refractivity contribution in [3.8, 4) is 16.8 Å². The number of hydrogen-bond donors (Lipinski definition) is 1. The molecule has 8 heteroatoms. The molecule has 132 valence electrons. The van der Waals surface area contributed by atoms with Crippen LogP contribution in [0.2, 0.25) is 0 Å². The number of nitrogens with zero attached hydrogens (tertiary/aromatic N) is 3. The molecule has 0 aliphatic heterocycles. The Morgan fingerprint density at radius 1 is 1.38 bits per heavy atom. The molecule has 6 nitrogen and oxygen atoms in total. The van der Waals surface area contributed by atoms with Crippen molar-refractivity contribution < 1.29 is 9.32 Å². The molecule has 3 heterocycles. The summed E-state index contributed by atoms with van der Waals surface area (Å²) >= 11 is 3.07. The molecule has 0 spiro atoms. The Kier molecular flexibility index (Phi) is 4.82. The van der Waals surface area contributed by atoms with E-state index in [0.29, 0.717) is 28.7 Å². The molecular formula is C18H16N4O2S2. The third kappa shape index (κ3) is 3.41. The second-order valence-corrected chi connectivity index (χ2v) is 8.12. The minimum atomic E-state index is -0.143. The van der Waals surface area contributed by atoms with Gasteiger partial charge in [-0.2, -0.15) is 10.2 Å². The van der Waals surface area contributed by atoms with Crippen molar-refractivity contribution in [1.82, 2.24) is 10.1 Å². The van der Waals surface area contributed by atoms with E-state index in [0.717, 1.165) is 36.1 Å². The van der Waals surface area contributed by atoms with Gasteiger partial charge in [0.2, 0.25) is 17.6 Å². The van der Waals surface area contributed by atoms with Crippen LogP contribution in [0.3, 0.4) is 0 Å². The smallest absolute Gasteiger partial charge is 0.227 e. The summed E-state index contributed by atoms with van der Waals surface area (Å²) < 4.78 is 5.22. The summed E-state index contributed by atoms with van der Waals surface area (Å²) in [5.74, 6) is 0.846. The zero-order valence-corrected chi connectivity index (χ0v) is 15.6. The predicted molar refractivity (Wildman–Crippen MR) is 100 cm³/mol. The number of aryl methyl sites for hydroxylation is 2. The summed E-state index contributed by atoms with van der Waals surface area (Å²) in [5.41, 5.74) is 1.76. The molecule has 1 aliphatic carbocycles. The first-order valence-corrected chi connectivity index (χ1v) is 10.1. The van der Waals surface area contributed by atoms with Crippen LogP contribution in [0.5, 0.6) is 0 Å². The quantitative estimate of drug-likeness (QED) is 0.712. The Morgan fingerprint density at radius 2 is 2.27 bits per heavy atom. The van der Waals surface area contributed by atoms with E-state index in [9.17, 15) is 10.1 Å². The fourth-order valence-corrected chi connectivity index (χ4v) is 4.95. The molecule has 1 amide bonds. The van der Waals surface area contributed by atoms with E-state index < -0.39 is 0 Å². The van der Waals surface area contributed by atoms with Crippen molar-refractivity contribution in [2.45, 2.75) is 38.5 Å². The first-order chi connectivity index (χ1) is 12.7. The second-order valence-electron chi connectivity index (χ2n) is 6.06. The SMILES string of the molecule is N#Cc1c(NC(=O)CCc2nc(-c3cccs3)no2)sc2c1CCCC2. The van der Waals surface area contributed by atoms with E-state index >= 15 is 0 Å². The van der Waals surface area contributed by atoms with Crippen LogP contribution in [0.1, 0.15) is 41.2 Å². The van der Waals surface area contributed by atoms with Crippen LogP contribution < -0.4 is 5.32 Å². The van der Waals surface area contributed by atoms with E-state index in [2.05, 4.69) is 21.5 Å². The lowest BCUT2D eigenvalue weighted by molar-refractivity contribution is -0.116. The summed E-state index contributed by atoms with van der Waals surface area (Å²) in [6.07, 6.45) is 4.79. The average Bonchev–Trinajstić information content (AvgIpc) is 3.38. The minimum absolute atomic E-state index is 0.143. The molecule has 0 fully saturated rings. The standard InChI is InChI=1S/C18H16N4O2S2/c19-10-12-11-4-1-2-5-13(11)26-18(12)20-15(23)7-8-16-21-17(22-24-16)14-6-3-9-25-14/h3,6,9H,1-2,4-5,7-8H2,(H,20,23). The topological polar surface area (TPSA) is 91.8 Å². The third-order valence-electron chi connectivity index (χ3n) is 4.31. The number of nitriles is 1. The number of thiophene rings is 2. The molecule has 0 bridgehead atoms. The van der Waals surface area contributed by atoms with Gasteiger partial charge in [0.25, 0.3) is 0 Å². The highest BCUT2D eigenvalue weighted by Gasteiger charge is 2.22. The van der Waals surface area contributed by atoms with Gasteiger partial charge in [-0.25, -0.2) is 0 Å². The van der Waals surface area contributed by atoms with Gasteiger partial charge in [-0.05, 0) is 42.7 Å². The number of amides is 1. The summed E-state index contributed by atoms with van der Waals surface area (Å²) in [4.78, 5) is 18.8. The van der Waals surface area contributed by atoms with Crippen molar-refractivity contribution in [1.29, 1.82) is 5.26 Å². The molecule has 3 aromatic rings. The first-order valence-electron chi connectivity index (χ1n) is 8.45. The molecule has 4 rings (SSSR count). The maximum atomic E-state index is 12.3. The largest absolute Gasteiger partial charge is 0.339 e. The molecule has 0 saturated carbocycles. The van der Waals surface area contributed by atoms with Gasteiger partial charge >= 0.3 is 0 Å². The van der Waals surface area contributed by atoms with E-state index in [-0.39, 0.29) is 12.3 Å². The highest BCUT2D eigenvalue weighted by Crippen LogP contribution is 2.37. The summed E-state index contributed by atoms with van der Waals surface area (Å²) in [7, 11) is 0. The summed E-state index contributed by atoms with van der Waals surface area (Å²) in [6, 6.07) is 6.11. The van der Waals surface area contributed by atoms with Crippen molar-refractivity contribution in [3.63, 3.8) is 0 Å². The number of carbonyl (C=O) groups excluding carboxylic acids is 1. The minimum Gasteiger partial charge on any atom is -0.339 e. The molecule has 3 aromatic heterocycles. The van der Waals surface area contributed by atoms with Gasteiger partial charge in [0.05, 0.1) is 10.4 Å². The van der Waals surface area contributed by atoms with Crippen LogP contribution in [-0.2, 0) is 24.1 Å². The van der Waals surface area contributed by atoms with Gasteiger partial charge in [-0.15, -0.1) is 22.7 Å². The maximum Gasteiger partial charge on any atom is 0.227 e. The third-order valence-corrected chi connectivity index (χ3v) is 6.38. The molecule has 0 saturated heterocycles. The van der Waals surface area contributed by atoms with Crippen molar-refractivity contribution in [3.05, 3.63) is 39.4 Å². The number of fused-ring (bicyclic) bond motifs is 1. The van der Waals surface area contributed by atoms with Crippen molar-refractivity contribution >= 4 is 33.6 Å². The first kappa shape index (κ1) is 16.9. The highest BCUT2D eigenvalue weighted by atomic mass is 32.1. The van der Waals surface area contributed by atoms with Gasteiger partial charge in [0, 0.05) is 17.7 Å². The van der Waals surface area contributed by atoms with Crippen LogP contribution in [0.4, 0.5) is 5.00 Å². The molecule has 0 unspecified atom stereocenters. The molecule has 1 N–H and O–H groups in total. The lowest BCUT2D eigenvalue weighted by atomic mass is 9.96.